The zero-order valence-electron chi connectivity index (χ0n) is 49.5. The number of hydrogen-bond acceptors (Lipinski definition) is 18. The molecule has 0 aromatic heterocycles. The first-order chi connectivity index (χ1) is 40.9. The van der Waals surface area contributed by atoms with Gasteiger partial charge in [0.15, 0.2) is 5.60 Å². The summed E-state index contributed by atoms with van der Waals surface area (Å²) in [6.45, 7) is 3.94. The number of ether oxygens (including phenoxy) is 5. The summed E-state index contributed by atoms with van der Waals surface area (Å²) in [6, 6.07) is 38.7. The molecule has 8 rings (SSSR count). The third kappa shape index (κ3) is 15.8. The molecular formula is C61H76N3O18P3+2. The summed E-state index contributed by atoms with van der Waals surface area (Å²) in [5.41, 5.74) is 1.09. The van der Waals surface area contributed by atoms with Gasteiger partial charge in [0.1, 0.15) is 98.8 Å². The number of nitrogens with one attached hydrogen (secondary N) is 1. The number of benzene rings is 6. The van der Waals surface area contributed by atoms with Crippen LogP contribution >= 0.6 is 25.8 Å². The van der Waals surface area contributed by atoms with Crippen molar-refractivity contribution in [2.75, 3.05) is 137 Å². The molecule has 3 N–H and O–H groups in total. The van der Waals surface area contributed by atoms with Gasteiger partial charge < -0.3 is 88.9 Å². The summed E-state index contributed by atoms with van der Waals surface area (Å²) in [5, 5.41) is 23.9. The van der Waals surface area contributed by atoms with Gasteiger partial charge in [-0.05, 0) is 77.4 Å². The zero-order valence-corrected chi connectivity index (χ0v) is 52.2. The number of methoxy groups -OCH3 is 2. The number of phenols is 2. The molecule has 2 aliphatic rings. The van der Waals surface area contributed by atoms with Crippen LogP contribution in [-0.2, 0) is 61.4 Å². The highest BCUT2D eigenvalue weighted by Gasteiger charge is 2.54. The van der Waals surface area contributed by atoms with Crippen molar-refractivity contribution in [2.24, 2.45) is 0 Å². The first-order valence-corrected chi connectivity index (χ1v) is 30.6. The maximum atomic E-state index is 14.6. The normalized spacial score (nSPS) is 14.6. The Morgan fingerprint density at radius 1 is 0.565 bits per heavy atom. The highest BCUT2D eigenvalue weighted by molar-refractivity contribution is 7.42. The number of hydrogen-bond donors (Lipinski definition) is 3. The van der Waals surface area contributed by atoms with E-state index >= 15 is 0 Å². The summed E-state index contributed by atoms with van der Waals surface area (Å²) in [4.78, 5) is 28.7. The van der Waals surface area contributed by atoms with E-state index in [9.17, 15) is 19.8 Å². The summed E-state index contributed by atoms with van der Waals surface area (Å²) >= 11 is 0. The molecule has 3 unspecified atom stereocenters. The van der Waals surface area contributed by atoms with Crippen LogP contribution < -0.4 is 19.5 Å². The van der Waals surface area contributed by atoms with Gasteiger partial charge in [-0.15, -0.1) is 0 Å². The van der Waals surface area contributed by atoms with Gasteiger partial charge in [0, 0.05) is 69.4 Å². The molecule has 0 aliphatic carbocycles. The fourth-order valence-electron chi connectivity index (χ4n) is 9.85. The van der Waals surface area contributed by atoms with Crippen LogP contribution in [0.25, 0.3) is 0 Å². The molecule has 24 heteroatoms. The third-order valence-electron chi connectivity index (χ3n) is 14.6. The van der Waals surface area contributed by atoms with Crippen molar-refractivity contribution in [3.63, 3.8) is 0 Å². The van der Waals surface area contributed by atoms with Gasteiger partial charge in [0.2, 0.25) is 0 Å². The average molecular weight is 1230 g/mol. The summed E-state index contributed by atoms with van der Waals surface area (Å²) < 4.78 is 84.5. The lowest BCUT2D eigenvalue weighted by atomic mass is 9.77. The number of esters is 1. The molecule has 0 saturated carbocycles. The Kier molecular flexibility index (Phi) is 22.7. The maximum absolute atomic E-state index is 14.6. The molecule has 0 fully saturated rings. The fourth-order valence-corrected chi connectivity index (χ4v) is 12.0. The van der Waals surface area contributed by atoms with Crippen LogP contribution in [0.1, 0.15) is 54.1 Å². The predicted molar refractivity (Wildman–Crippen MR) is 320 cm³/mol. The van der Waals surface area contributed by atoms with Crippen molar-refractivity contribution in [1.82, 2.24) is 5.32 Å². The summed E-state index contributed by atoms with van der Waals surface area (Å²) in [7, 11) is 12.8. The quantitative estimate of drug-likeness (QED) is 0.0151. The third-order valence-corrected chi connectivity index (χ3v) is 17.7. The van der Waals surface area contributed by atoms with E-state index in [4.69, 9.17) is 64.4 Å². The van der Waals surface area contributed by atoms with Crippen molar-refractivity contribution in [3.05, 3.63) is 178 Å². The molecule has 6 aromatic rings. The Morgan fingerprint density at radius 2 is 1.01 bits per heavy atom. The van der Waals surface area contributed by atoms with Crippen molar-refractivity contribution in [3.8, 4) is 34.5 Å². The molecule has 3 atom stereocenters. The minimum absolute atomic E-state index is 0.0707. The van der Waals surface area contributed by atoms with Crippen LogP contribution in [-0.4, -0.2) is 174 Å². The van der Waals surface area contributed by atoms with E-state index < -0.39 is 55.0 Å². The van der Waals surface area contributed by atoms with Crippen LogP contribution in [0.15, 0.2) is 133 Å². The van der Waals surface area contributed by atoms with Gasteiger partial charge in [-0.3, -0.25) is 4.79 Å². The summed E-state index contributed by atoms with van der Waals surface area (Å²) in [6.07, 6.45) is -0.908. The number of nitrogens with zero attached hydrogens (tertiary/aromatic N) is 2. The number of quaternary nitrogens is 2. The monoisotopic (exact) mass is 1230 g/mol. The average Bonchev–Trinajstić information content (AvgIpc) is 1.65. The lowest BCUT2D eigenvalue weighted by molar-refractivity contribution is -0.890. The van der Waals surface area contributed by atoms with Crippen LogP contribution in [0.3, 0.4) is 0 Å². The molecule has 2 aliphatic heterocycles. The van der Waals surface area contributed by atoms with E-state index in [1.165, 1.54) is 37.4 Å². The van der Waals surface area contributed by atoms with Gasteiger partial charge in [-0.25, -0.2) is 4.79 Å². The molecule has 456 valence electrons. The van der Waals surface area contributed by atoms with E-state index in [-0.39, 0.29) is 53.9 Å². The van der Waals surface area contributed by atoms with Crippen LogP contribution in [0, 0.1) is 0 Å². The molecule has 85 heavy (non-hydrogen) atoms. The van der Waals surface area contributed by atoms with Gasteiger partial charge in [0.25, 0.3) is 5.91 Å². The number of likely N-dealkylation sites (N-methyl/N-ethyl adjacent to an activating group) is 2. The smallest absolute Gasteiger partial charge is 0.340 e. The van der Waals surface area contributed by atoms with E-state index in [0.717, 1.165) is 23.2 Å². The minimum Gasteiger partial charge on any atom is -0.508 e. The van der Waals surface area contributed by atoms with E-state index in [0.29, 0.717) is 76.6 Å². The number of carbonyl (C=O) groups is 2. The van der Waals surface area contributed by atoms with Crippen molar-refractivity contribution < 1.29 is 93.2 Å². The molecular weight excluding hydrogens is 1160 g/mol. The molecule has 0 radical (unpaired) electrons. The van der Waals surface area contributed by atoms with Gasteiger partial charge in [0.05, 0.1) is 54.6 Å². The number of rotatable bonds is 33. The van der Waals surface area contributed by atoms with Crippen molar-refractivity contribution in [1.29, 1.82) is 0 Å². The summed E-state index contributed by atoms with van der Waals surface area (Å²) in [5.74, 6) is 0.397. The van der Waals surface area contributed by atoms with Gasteiger partial charge in [-0.1, -0.05) is 60.7 Å². The highest BCUT2D eigenvalue weighted by atomic mass is 31.2. The Balaban J connectivity index is 0.996. The Hall–Kier alpha value is -5.93. The number of fused-ring (bicyclic) bond motifs is 6. The number of carbonyl (C=O) groups excluding carboxylic acids is 2. The topological polar surface area (TPSA) is 216 Å². The minimum atomic E-state index is -1.95. The number of amides is 1. The van der Waals surface area contributed by atoms with Gasteiger partial charge >= 0.3 is 31.8 Å². The molecule has 1 spiro atoms. The molecule has 0 saturated heterocycles. The molecule has 21 nitrogen and oxygen atoms in total. The van der Waals surface area contributed by atoms with Crippen LogP contribution in [0.4, 0.5) is 0 Å². The molecule has 1 amide bonds. The van der Waals surface area contributed by atoms with E-state index in [1.807, 2.05) is 78.9 Å². The number of aromatic hydroxyl groups is 2. The Labute approximate surface area is 500 Å². The van der Waals surface area contributed by atoms with E-state index in [2.05, 4.69) is 33.5 Å². The second-order valence-electron chi connectivity index (χ2n) is 21.0. The van der Waals surface area contributed by atoms with Gasteiger partial charge in [-0.2, -0.15) is 0 Å². The highest BCUT2D eigenvalue weighted by Crippen LogP contribution is 2.57. The first kappa shape index (κ1) is 65.1. The molecule has 6 aromatic carbocycles. The first-order valence-electron chi connectivity index (χ1n) is 27.3. The lowest BCUT2D eigenvalue weighted by Gasteiger charge is -2.39. The number of phenolic OH excluding ortho intramolecular Hbond substituents is 2. The largest absolute Gasteiger partial charge is 0.508 e. The van der Waals surface area contributed by atoms with Crippen LogP contribution in [0.5, 0.6) is 34.5 Å². The van der Waals surface area contributed by atoms with Crippen LogP contribution in [0.2, 0.25) is 0 Å². The zero-order chi connectivity index (χ0) is 60.8. The lowest BCUT2D eigenvalue weighted by Crippen LogP contribution is -2.45. The molecule has 2 heterocycles. The second-order valence-corrected chi connectivity index (χ2v) is 25.1. The predicted octanol–water partition coefficient (Wildman–Crippen LogP) is 10.3. The SMILES string of the molecule is COc1ccc(C(OC(CNC(=O)c2ccc3c(c2)C(=O)OC32c3ccc(O)cc3Oc3cc(O)ccc32)COP(OC)OCC[N+](C)(C)CCOP(OC)OCC[N+](C)(C)CCOP(OC)OC)(c2ccccc2)c2ccc(OC)cc2)cc1. The maximum Gasteiger partial charge on any atom is 0.340 e. The second kappa shape index (κ2) is 29.6. The Morgan fingerprint density at radius 3 is 1.48 bits per heavy atom. The molecule has 0 bridgehead atoms. The standard InChI is InChI=1S/C61H74N3O18P3/c1-63(2,30-34-75-83(71-7)72-8)31-35-76-84(73-9)77-36-32-64(3,4)33-37-78-85(74-10)79-42-51(81-60(44-14-12-11-13-15-44,45-17-23-49(69-5)24-18-45)46-19-25-50(70-6)26-20-46)41-62-58(67)43-16-27-53-52(38-43)59(68)82-61(53)54-28-21-47(65)39-56(54)80-57-40-48(66)22-29-55(57)61/h11-29,38-40,51H,30-37,41-42H2,1-10H3,(H-2,62,65,66,67)/p+2. The Bertz CT molecular complexity index is 3060. The van der Waals surface area contributed by atoms with E-state index in [1.54, 1.807) is 59.8 Å². The fraction of sp³-hybridized carbons (Fsp3) is 0.377. The van der Waals surface area contributed by atoms with Crippen molar-refractivity contribution in [2.45, 2.75) is 17.3 Å². The van der Waals surface area contributed by atoms with Crippen molar-refractivity contribution >= 4 is 37.7 Å².